The van der Waals surface area contributed by atoms with Crippen LogP contribution in [0.25, 0.3) is 16.2 Å². The van der Waals surface area contributed by atoms with Crippen LogP contribution in [-0.2, 0) is 10.0 Å². The summed E-state index contributed by atoms with van der Waals surface area (Å²) in [4.78, 5) is 17.7. The number of nitrogens with one attached hydrogen (secondary N) is 1. The molecular formula is C18H13FN4O3S2. The first-order valence-electron chi connectivity index (χ1n) is 7.98. The summed E-state index contributed by atoms with van der Waals surface area (Å²) in [6, 6.07) is 11.5. The van der Waals surface area contributed by atoms with Crippen LogP contribution in [0.2, 0.25) is 0 Å². The van der Waals surface area contributed by atoms with Gasteiger partial charge in [0.15, 0.2) is 4.96 Å². The van der Waals surface area contributed by atoms with E-state index < -0.39 is 10.0 Å². The second-order valence-electron chi connectivity index (χ2n) is 5.93. The van der Waals surface area contributed by atoms with E-state index in [1.807, 2.05) is 0 Å². The van der Waals surface area contributed by atoms with Crippen LogP contribution in [0.3, 0.4) is 0 Å². The molecule has 0 aliphatic heterocycles. The highest BCUT2D eigenvalue weighted by molar-refractivity contribution is 7.89. The number of aromatic nitrogens is 2. The molecule has 0 saturated carbocycles. The molecule has 0 saturated heterocycles. The van der Waals surface area contributed by atoms with E-state index in [9.17, 15) is 17.6 Å². The van der Waals surface area contributed by atoms with Gasteiger partial charge in [0.1, 0.15) is 11.5 Å². The Morgan fingerprint density at radius 1 is 1.11 bits per heavy atom. The average Bonchev–Trinajstić information content (AvgIpc) is 3.22. The van der Waals surface area contributed by atoms with Crippen molar-refractivity contribution in [2.45, 2.75) is 4.90 Å². The Bertz CT molecular complexity index is 1280. The lowest BCUT2D eigenvalue weighted by Crippen LogP contribution is -2.15. The van der Waals surface area contributed by atoms with Crippen molar-refractivity contribution < 1.29 is 17.6 Å². The summed E-state index contributed by atoms with van der Waals surface area (Å²) in [7, 11) is -3.79. The molecule has 10 heteroatoms. The van der Waals surface area contributed by atoms with Gasteiger partial charge in [-0.1, -0.05) is 0 Å². The minimum absolute atomic E-state index is 0.0398. The Morgan fingerprint density at radius 3 is 2.43 bits per heavy atom. The molecule has 0 radical (unpaired) electrons. The molecule has 0 bridgehead atoms. The van der Waals surface area contributed by atoms with Crippen molar-refractivity contribution in [1.29, 1.82) is 0 Å². The number of benzene rings is 2. The Labute approximate surface area is 163 Å². The minimum atomic E-state index is -3.79. The molecule has 0 atom stereocenters. The molecule has 1 amide bonds. The largest absolute Gasteiger partial charge is 0.321 e. The molecule has 2 aromatic heterocycles. The highest BCUT2D eigenvalue weighted by atomic mass is 32.2. The standard InChI is InChI=1S/C18H13FN4O3S2/c19-12-3-1-11(2-4-12)15-9-23-16(10-27-18(23)22-15)17(24)21-13-5-7-14(8-6-13)28(20,25)26/h1-10H,(H,21,24)(H2,20,25,26). The smallest absolute Gasteiger partial charge is 0.273 e. The first-order chi connectivity index (χ1) is 13.3. The summed E-state index contributed by atoms with van der Waals surface area (Å²) in [6.07, 6.45) is 1.71. The lowest BCUT2D eigenvalue weighted by Gasteiger charge is -2.05. The average molecular weight is 416 g/mol. The molecule has 0 aliphatic rings. The Balaban J connectivity index is 1.60. The van der Waals surface area contributed by atoms with Gasteiger partial charge >= 0.3 is 0 Å². The Hall–Kier alpha value is -3.08. The third-order valence-electron chi connectivity index (χ3n) is 4.02. The van der Waals surface area contributed by atoms with Gasteiger partial charge in [-0.15, -0.1) is 11.3 Å². The van der Waals surface area contributed by atoms with Crippen molar-refractivity contribution in [2.24, 2.45) is 5.14 Å². The van der Waals surface area contributed by atoms with Gasteiger partial charge in [0.2, 0.25) is 10.0 Å². The van der Waals surface area contributed by atoms with Gasteiger partial charge in [-0.25, -0.2) is 22.9 Å². The van der Waals surface area contributed by atoms with E-state index in [0.717, 1.165) is 5.56 Å². The van der Waals surface area contributed by atoms with Crippen molar-refractivity contribution in [1.82, 2.24) is 9.38 Å². The molecule has 7 nitrogen and oxygen atoms in total. The lowest BCUT2D eigenvalue weighted by atomic mass is 10.2. The lowest BCUT2D eigenvalue weighted by molar-refractivity contribution is 0.102. The van der Waals surface area contributed by atoms with Gasteiger partial charge in [-0.3, -0.25) is 9.20 Å². The van der Waals surface area contributed by atoms with Crippen LogP contribution < -0.4 is 10.5 Å². The van der Waals surface area contributed by atoms with Crippen LogP contribution in [0.5, 0.6) is 0 Å². The van der Waals surface area contributed by atoms with Gasteiger partial charge < -0.3 is 5.32 Å². The van der Waals surface area contributed by atoms with Crippen molar-refractivity contribution in [3.8, 4) is 11.3 Å². The second-order valence-corrected chi connectivity index (χ2v) is 8.33. The summed E-state index contributed by atoms with van der Waals surface area (Å²) in [5.41, 5.74) is 2.16. The number of sulfonamides is 1. The molecular weight excluding hydrogens is 403 g/mol. The Morgan fingerprint density at radius 2 is 1.79 bits per heavy atom. The van der Waals surface area contributed by atoms with E-state index in [0.29, 0.717) is 22.0 Å². The zero-order chi connectivity index (χ0) is 19.9. The summed E-state index contributed by atoms with van der Waals surface area (Å²) < 4.78 is 37.3. The highest BCUT2D eigenvalue weighted by Gasteiger charge is 2.16. The topological polar surface area (TPSA) is 107 Å². The number of hydrogen-bond acceptors (Lipinski definition) is 5. The molecule has 2 heterocycles. The predicted molar refractivity (Wildman–Crippen MR) is 104 cm³/mol. The maximum atomic E-state index is 13.1. The van der Waals surface area contributed by atoms with Crippen LogP contribution in [0, 0.1) is 5.82 Å². The van der Waals surface area contributed by atoms with Crippen LogP contribution in [0.15, 0.2) is 65.0 Å². The highest BCUT2D eigenvalue weighted by Crippen LogP contribution is 2.24. The second kappa shape index (κ2) is 6.82. The zero-order valence-electron chi connectivity index (χ0n) is 14.2. The van der Waals surface area contributed by atoms with E-state index in [4.69, 9.17) is 5.14 Å². The van der Waals surface area contributed by atoms with E-state index in [-0.39, 0.29) is 16.6 Å². The first-order valence-corrected chi connectivity index (χ1v) is 10.4. The van der Waals surface area contributed by atoms with Crippen LogP contribution >= 0.6 is 11.3 Å². The monoisotopic (exact) mass is 416 g/mol. The van der Waals surface area contributed by atoms with Crippen molar-refractivity contribution in [3.63, 3.8) is 0 Å². The van der Waals surface area contributed by atoms with E-state index >= 15 is 0 Å². The van der Waals surface area contributed by atoms with E-state index in [2.05, 4.69) is 10.3 Å². The number of nitrogens with two attached hydrogens (primary N) is 1. The predicted octanol–water partition coefficient (Wildman–Crippen LogP) is 3.10. The number of halogens is 1. The number of carbonyl (C=O) groups excluding carboxylic acids is 1. The molecule has 142 valence electrons. The number of hydrogen-bond donors (Lipinski definition) is 2. The first kappa shape index (κ1) is 18.3. The number of carbonyl (C=O) groups is 1. The molecule has 2 aromatic carbocycles. The van der Waals surface area contributed by atoms with Crippen LogP contribution in [0.1, 0.15) is 10.5 Å². The molecule has 4 rings (SSSR count). The number of thiazole rings is 1. The number of rotatable bonds is 4. The third kappa shape index (κ3) is 3.52. The summed E-state index contributed by atoms with van der Waals surface area (Å²) in [6.45, 7) is 0. The zero-order valence-corrected chi connectivity index (χ0v) is 15.8. The fourth-order valence-electron chi connectivity index (χ4n) is 2.63. The molecule has 0 aliphatic carbocycles. The molecule has 3 N–H and O–H groups in total. The number of imidazole rings is 1. The van der Waals surface area contributed by atoms with Gasteiger partial charge in [0.25, 0.3) is 5.91 Å². The number of fused-ring (bicyclic) bond motifs is 1. The van der Waals surface area contributed by atoms with Crippen LogP contribution in [-0.4, -0.2) is 23.7 Å². The number of nitrogens with zero attached hydrogens (tertiary/aromatic N) is 2. The van der Waals surface area contributed by atoms with Gasteiger partial charge in [-0.2, -0.15) is 0 Å². The summed E-state index contributed by atoms with van der Waals surface area (Å²) >= 11 is 1.30. The maximum absolute atomic E-state index is 13.1. The van der Waals surface area contributed by atoms with Crippen molar-refractivity contribution in [3.05, 3.63) is 71.6 Å². The normalized spacial score (nSPS) is 11.6. The number of amides is 1. The number of primary sulfonamides is 1. The van der Waals surface area contributed by atoms with Gasteiger partial charge in [0, 0.05) is 22.8 Å². The Kier molecular flexibility index (Phi) is 4.46. The quantitative estimate of drug-likeness (QED) is 0.533. The van der Waals surface area contributed by atoms with Crippen LogP contribution in [0.4, 0.5) is 10.1 Å². The third-order valence-corrected chi connectivity index (χ3v) is 5.79. The van der Waals surface area contributed by atoms with Crippen molar-refractivity contribution in [2.75, 3.05) is 5.32 Å². The minimum Gasteiger partial charge on any atom is -0.321 e. The van der Waals surface area contributed by atoms with Gasteiger partial charge in [-0.05, 0) is 48.5 Å². The van der Waals surface area contributed by atoms with E-state index in [1.54, 1.807) is 28.1 Å². The molecule has 0 spiro atoms. The molecule has 28 heavy (non-hydrogen) atoms. The fraction of sp³-hybridized carbons (Fsp3) is 0. The van der Waals surface area contributed by atoms with Crippen molar-refractivity contribution >= 4 is 37.9 Å². The molecule has 0 unspecified atom stereocenters. The number of anilines is 1. The summed E-state index contributed by atoms with van der Waals surface area (Å²) in [5.74, 6) is -0.712. The van der Waals surface area contributed by atoms with E-state index in [1.165, 1.54) is 47.7 Å². The fourth-order valence-corrected chi connectivity index (χ4v) is 4.00. The van der Waals surface area contributed by atoms with Gasteiger partial charge in [0.05, 0.1) is 10.6 Å². The maximum Gasteiger partial charge on any atom is 0.273 e. The molecule has 0 fully saturated rings. The summed E-state index contributed by atoms with van der Waals surface area (Å²) in [5, 5.41) is 9.44. The molecule has 4 aromatic rings. The SMILES string of the molecule is NS(=O)(=O)c1ccc(NC(=O)c2csc3nc(-c4ccc(F)cc4)cn23)cc1.